The van der Waals surface area contributed by atoms with Crippen molar-refractivity contribution in [2.75, 3.05) is 33.8 Å². The summed E-state index contributed by atoms with van der Waals surface area (Å²) in [4.78, 5) is 4.96. The van der Waals surface area contributed by atoms with Gasteiger partial charge >= 0.3 is 0 Å². The number of nitrogens with one attached hydrogen (secondary N) is 1. The molecule has 0 aromatic carbocycles. The lowest BCUT2D eigenvalue weighted by atomic mass is 9.98. The van der Waals surface area contributed by atoms with Gasteiger partial charge in [-0.05, 0) is 45.7 Å². The molecule has 4 nitrogen and oxygen atoms in total. The topological polar surface area (TPSA) is 38.7 Å². The van der Waals surface area contributed by atoms with Crippen LogP contribution < -0.4 is 5.32 Å². The molecule has 1 aliphatic heterocycles. The van der Waals surface area contributed by atoms with E-state index in [-0.39, 0.29) is 0 Å². The zero-order valence-corrected chi connectivity index (χ0v) is 10.5. The second-order valence-electron chi connectivity index (χ2n) is 5.22. The van der Waals surface area contributed by atoms with E-state index in [2.05, 4.69) is 22.2 Å². The van der Waals surface area contributed by atoms with Crippen molar-refractivity contribution < 1.29 is 5.11 Å². The number of piperidine rings is 1. The SMILES string of the molecule is CNC(N1CCC(CO)CC1)N(C)C1CC1. The maximum Gasteiger partial charge on any atom is 0.116 e. The molecule has 2 N–H and O–H groups in total. The van der Waals surface area contributed by atoms with Gasteiger partial charge in [-0.3, -0.25) is 15.1 Å². The number of nitrogens with zero attached hydrogens (tertiary/aromatic N) is 2. The van der Waals surface area contributed by atoms with E-state index >= 15 is 0 Å². The van der Waals surface area contributed by atoms with Crippen molar-refractivity contribution in [1.29, 1.82) is 0 Å². The summed E-state index contributed by atoms with van der Waals surface area (Å²) >= 11 is 0. The van der Waals surface area contributed by atoms with Crippen LogP contribution in [-0.2, 0) is 0 Å². The van der Waals surface area contributed by atoms with Crippen molar-refractivity contribution in [3.05, 3.63) is 0 Å². The van der Waals surface area contributed by atoms with Gasteiger partial charge in [-0.1, -0.05) is 0 Å². The largest absolute Gasteiger partial charge is 0.396 e. The first kappa shape index (κ1) is 12.3. The maximum atomic E-state index is 9.14. The van der Waals surface area contributed by atoms with E-state index in [9.17, 15) is 0 Å². The minimum Gasteiger partial charge on any atom is -0.396 e. The van der Waals surface area contributed by atoms with Crippen LogP contribution in [0.4, 0.5) is 0 Å². The van der Waals surface area contributed by atoms with E-state index < -0.39 is 0 Å². The Morgan fingerprint density at radius 3 is 2.38 bits per heavy atom. The Bertz CT molecular complexity index is 212. The molecule has 0 aromatic rings. The molecule has 0 bridgehead atoms. The Kier molecular flexibility index (Phi) is 4.19. The van der Waals surface area contributed by atoms with E-state index in [0.717, 1.165) is 32.0 Å². The average Bonchev–Trinajstić information content (AvgIpc) is 3.14. The summed E-state index contributed by atoms with van der Waals surface area (Å²) in [5.74, 6) is 0.528. The lowest BCUT2D eigenvalue weighted by molar-refractivity contribution is 0.00470. The van der Waals surface area contributed by atoms with Gasteiger partial charge < -0.3 is 5.11 Å². The van der Waals surface area contributed by atoms with Gasteiger partial charge in [0.15, 0.2) is 0 Å². The molecule has 0 amide bonds. The third-order valence-corrected chi connectivity index (χ3v) is 4.02. The molecule has 16 heavy (non-hydrogen) atoms. The van der Waals surface area contributed by atoms with Gasteiger partial charge in [-0.15, -0.1) is 0 Å². The number of aliphatic hydroxyl groups excluding tert-OH is 1. The van der Waals surface area contributed by atoms with Crippen molar-refractivity contribution >= 4 is 0 Å². The first-order valence-corrected chi connectivity index (χ1v) is 6.50. The van der Waals surface area contributed by atoms with Crippen LogP contribution in [0.3, 0.4) is 0 Å². The molecule has 4 heteroatoms. The molecule has 0 aromatic heterocycles. The highest BCUT2D eigenvalue weighted by atomic mass is 16.3. The van der Waals surface area contributed by atoms with Gasteiger partial charge in [-0.25, -0.2) is 0 Å². The molecule has 2 aliphatic rings. The Morgan fingerprint density at radius 2 is 1.94 bits per heavy atom. The first-order valence-electron chi connectivity index (χ1n) is 6.50. The van der Waals surface area contributed by atoms with Crippen molar-refractivity contribution in [2.45, 2.75) is 38.0 Å². The van der Waals surface area contributed by atoms with Crippen LogP contribution in [0, 0.1) is 5.92 Å². The molecule has 0 radical (unpaired) electrons. The monoisotopic (exact) mass is 227 g/mol. The summed E-state index contributed by atoms with van der Waals surface area (Å²) in [7, 11) is 4.26. The molecule has 94 valence electrons. The molecule has 1 aliphatic carbocycles. The van der Waals surface area contributed by atoms with Crippen LogP contribution in [-0.4, -0.2) is 61.0 Å². The Labute approximate surface area is 98.6 Å². The standard InChI is InChI=1S/C12H25N3O/c1-13-12(14(2)11-3-4-11)15-7-5-10(9-16)6-8-15/h10-13,16H,3-9H2,1-2H3. The van der Waals surface area contributed by atoms with Crippen molar-refractivity contribution in [1.82, 2.24) is 15.1 Å². The summed E-state index contributed by atoms with van der Waals surface area (Å²) < 4.78 is 0. The van der Waals surface area contributed by atoms with E-state index in [1.54, 1.807) is 0 Å². The van der Waals surface area contributed by atoms with Gasteiger partial charge in [0, 0.05) is 25.7 Å². The van der Waals surface area contributed by atoms with Gasteiger partial charge in [0.25, 0.3) is 0 Å². The van der Waals surface area contributed by atoms with Gasteiger partial charge in [-0.2, -0.15) is 0 Å². The van der Waals surface area contributed by atoms with Crippen LogP contribution in [0.1, 0.15) is 25.7 Å². The predicted molar refractivity (Wildman–Crippen MR) is 65.0 cm³/mol. The van der Waals surface area contributed by atoms with E-state index in [1.807, 2.05) is 7.05 Å². The number of hydrogen-bond acceptors (Lipinski definition) is 4. The second kappa shape index (κ2) is 5.45. The lowest BCUT2D eigenvalue weighted by Crippen LogP contribution is -2.57. The van der Waals surface area contributed by atoms with Crippen molar-refractivity contribution in [3.63, 3.8) is 0 Å². The molecular weight excluding hydrogens is 202 g/mol. The zero-order valence-electron chi connectivity index (χ0n) is 10.5. The van der Waals surface area contributed by atoms with Crippen LogP contribution in [0.25, 0.3) is 0 Å². The second-order valence-corrected chi connectivity index (χ2v) is 5.22. The minimum atomic E-state index is 0.358. The maximum absolute atomic E-state index is 9.14. The van der Waals surface area contributed by atoms with Gasteiger partial charge in [0.05, 0.1) is 0 Å². The fraction of sp³-hybridized carbons (Fsp3) is 1.00. The molecule has 0 spiro atoms. The molecule has 1 heterocycles. The Hall–Kier alpha value is -0.160. The van der Waals surface area contributed by atoms with Crippen molar-refractivity contribution in [3.8, 4) is 0 Å². The van der Waals surface area contributed by atoms with Crippen LogP contribution in [0.15, 0.2) is 0 Å². The minimum absolute atomic E-state index is 0.358. The Balaban J connectivity index is 1.84. The van der Waals surface area contributed by atoms with Gasteiger partial charge in [0.2, 0.25) is 0 Å². The van der Waals surface area contributed by atoms with Gasteiger partial charge in [0.1, 0.15) is 6.29 Å². The number of aliphatic hydroxyl groups is 1. The Morgan fingerprint density at radius 1 is 1.31 bits per heavy atom. The summed E-state index contributed by atoms with van der Waals surface area (Å²) in [6.45, 7) is 2.57. The van der Waals surface area contributed by atoms with Crippen LogP contribution in [0.5, 0.6) is 0 Å². The molecule has 1 saturated heterocycles. The summed E-state index contributed by atoms with van der Waals surface area (Å²) in [5, 5.41) is 12.6. The van der Waals surface area contributed by atoms with Crippen LogP contribution in [0.2, 0.25) is 0 Å². The molecule has 2 rings (SSSR count). The average molecular weight is 227 g/mol. The lowest BCUT2D eigenvalue weighted by Gasteiger charge is -2.41. The first-order chi connectivity index (χ1) is 7.76. The molecule has 1 atom stereocenters. The summed E-state index contributed by atoms with van der Waals surface area (Å²) in [6.07, 6.45) is 5.34. The fourth-order valence-corrected chi connectivity index (χ4v) is 2.71. The molecule has 1 saturated carbocycles. The highest BCUT2D eigenvalue weighted by Gasteiger charge is 2.34. The van der Waals surface area contributed by atoms with Crippen molar-refractivity contribution in [2.24, 2.45) is 5.92 Å². The summed E-state index contributed by atoms with van der Waals surface area (Å²) in [5.41, 5.74) is 0. The summed E-state index contributed by atoms with van der Waals surface area (Å²) in [6, 6.07) is 0.785. The normalized spacial score (nSPS) is 26.2. The highest BCUT2D eigenvalue weighted by Crippen LogP contribution is 2.28. The van der Waals surface area contributed by atoms with Crippen LogP contribution >= 0.6 is 0 Å². The van der Waals surface area contributed by atoms with E-state index in [4.69, 9.17) is 5.11 Å². The third kappa shape index (κ3) is 2.74. The fourth-order valence-electron chi connectivity index (χ4n) is 2.71. The third-order valence-electron chi connectivity index (χ3n) is 4.02. The smallest absolute Gasteiger partial charge is 0.116 e. The highest BCUT2D eigenvalue weighted by molar-refractivity contribution is 4.86. The number of likely N-dealkylation sites (tertiary alicyclic amines) is 1. The number of hydrogen-bond donors (Lipinski definition) is 2. The van der Waals surface area contributed by atoms with E-state index in [1.165, 1.54) is 12.8 Å². The molecule has 1 unspecified atom stereocenters. The molecular formula is C12H25N3O. The quantitative estimate of drug-likeness (QED) is 0.662. The molecule has 2 fully saturated rings. The zero-order chi connectivity index (χ0) is 11.5. The van der Waals surface area contributed by atoms with E-state index in [0.29, 0.717) is 18.8 Å². The predicted octanol–water partition coefficient (Wildman–Crippen LogP) is 0.288. The number of rotatable bonds is 5.